The van der Waals surface area contributed by atoms with Gasteiger partial charge in [0.15, 0.2) is 0 Å². The van der Waals surface area contributed by atoms with Crippen molar-refractivity contribution in [2.45, 2.75) is 38.6 Å². The highest BCUT2D eigenvalue weighted by molar-refractivity contribution is 7.19. The molecule has 3 nitrogen and oxygen atoms in total. The van der Waals surface area contributed by atoms with Crippen LogP contribution in [0.4, 0.5) is 5.82 Å². The van der Waals surface area contributed by atoms with Crippen molar-refractivity contribution < 1.29 is 0 Å². The van der Waals surface area contributed by atoms with Gasteiger partial charge in [-0.2, -0.15) is 4.98 Å². The Kier molecular flexibility index (Phi) is 3.49. The Labute approximate surface area is 150 Å². The second-order valence-corrected chi connectivity index (χ2v) is 8.07. The molecule has 1 aromatic carbocycles. The van der Waals surface area contributed by atoms with E-state index in [0.717, 1.165) is 36.6 Å². The average molecular weight is 356 g/mol. The maximum absolute atomic E-state index is 6.26. The number of halogens is 1. The second kappa shape index (κ2) is 5.71. The van der Waals surface area contributed by atoms with Gasteiger partial charge in [-0.25, -0.2) is 4.98 Å². The van der Waals surface area contributed by atoms with Crippen LogP contribution in [0, 0.1) is 0 Å². The number of aryl methyl sites for hydroxylation is 2. The van der Waals surface area contributed by atoms with E-state index in [9.17, 15) is 0 Å². The summed E-state index contributed by atoms with van der Waals surface area (Å²) in [4.78, 5) is 14.1. The zero-order valence-electron chi connectivity index (χ0n) is 13.4. The number of anilines is 1. The summed E-state index contributed by atoms with van der Waals surface area (Å²) in [7, 11) is 0. The molecule has 122 valence electrons. The molecule has 0 unspecified atom stereocenters. The topological polar surface area (TPSA) is 29.0 Å². The minimum atomic E-state index is 0.370. The largest absolute Gasteiger partial charge is 0.351 e. The van der Waals surface area contributed by atoms with E-state index >= 15 is 0 Å². The van der Waals surface area contributed by atoms with Crippen molar-refractivity contribution in [2.24, 2.45) is 0 Å². The van der Waals surface area contributed by atoms with E-state index in [-0.39, 0.29) is 0 Å². The molecule has 2 aromatic heterocycles. The number of rotatable bonds is 1. The maximum Gasteiger partial charge on any atom is 0.225 e. The van der Waals surface area contributed by atoms with Gasteiger partial charge in [0.25, 0.3) is 0 Å². The van der Waals surface area contributed by atoms with Crippen molar-refractivity contribution in [1.29, 1.82) is 0 Å². The lowest BCUT2D eigenvalue weighted by atomic mass is 9.96. The third-order valence-electron chi connectivity index (χ3n) is 5.20. The van der Waals surface area contributed by atoms with Gasteiger partial charge in [-0.05, 0) is 60.4 Å². The number of hydrogen-bond donors (Lipinski definition) is 0. The zero-order chi connectivity index (χ0) is 16.1. The van der Waals surface area contributed by atoms with Crippen molar-refractivity contribution in [2.75, 3.05) is 11.4 Å². The van der Waals surface area contributed by atoms with Gasteiger partial charge in [0.2, 0.25) is 5.28 Å². The van der Waals surface area contributed by atoms with E-state index in [1.54, 1.807) is 0 Å². The van der Waals surface area contributed by atoms with Gasteiger partial charge in [-0.1, -0.05) is 24.3 Å². The van der Waals surface area contributed by atoms with Crippen molar-refractivity contribution in [3.05, 3.63) is 51.1 Å². The summed E-state index contributed by atoms with van der Waals surface area (Å²) >= 11 is 8.08. The summed E-state index contributed by atoms with van der Waals surface area (Å²) < 4.78 is 0. The van der Waals surface area contributed by atoms with E-state index in [0.29, 0.717) is 5.28 Å². The van der Waals surface area contributed by atoms with Crippen LogP contribution in [0.1, 0.15) is 34.4 Å². The van der Waals surface area contributed by atoms with Crippen LogP contribution in [0.3, 0.4) is 0 Å². The van der Waals surface area contributed by atoms with Crippen LogP contribution in [0.2, 0.25) is 5.28 Å². The van der Waals surface area contributed by atoms with Gasteiger partial charge in [0, 0.05) is 18.0 Å². The van der Waals surface area contributed by atoms with Gasteiger partial charge >= 0.3 is 0 Å². The molecule has 5 rings (SSSR count). The summed E-state index contributed by atoms with van der Waals surface area (Å²) in [5, 5.41) is 1.63. The first-order valence-electron chi connectivity index (χ1n) is 8.59. The van der Waals surface area contributed by atoms with E-state index in [2.05, 4.69) is 39.1 Å². The fourth-order valence-electron chi connectivity index (χ4n) is 4.02. The third-order valence-corrected chi connectivity index (χ3v) is 6.55. The normalized spacial score (nSPS) is 17.0. The van der Waals surface area contributed by atoms with E-state index < -0.39 is 0 Å². The molecule has 0 saturated carbocycles. The molecule has 1 aliphatic heterocycles. The Morgan fingerprint density at radius 3 is 2.75 bits per heavy atom. The second-order valence-electron chi connectivity index (χ2n) is 6.65. The first-order valence-corrected chi connectivity index (χ1v) is 9.78. The maximum atomic E-state index is 6.26. The zero-order valence-corrected chi connectivity index (χ0v) is 15.0. The minimum Gasteiger partial charge on any atom is -0.351 e. The molecule has 0 fully saturated rings. The third kappa shape index (κ3) is 2.32. The standard InChI is InChI=1S/C19H18ClN3S/c20-19-21-17(23-10-9-12-5-1-2-6-13(12)11-23)16-14-7-3-4-8-15(14)24-18(16)22-19/h1-2,5-6H,3-4,7-11H2. The number of hydrogen-bond acceptors (Lipinski definition) is 4. The Balaban J connectivity index is 1.65. The molecule has 0 N–H and O–H groups in total. The van der Waals surface area contributed by atoms with Crippen molar-refractivity contribution in [1.82, 2.24) is 9.97 Å². The van der Waals surface area contributed by atoms with Crippen LogP contribution < -0.4 is 4.90 Å². The monoisotopic (exact) mass is 355 g/mol. The lowest BCUT2D eigenvalue weighted by molar-refractivity contribution is 0.697. The van der Waals surface area contributed by atoms with Gasteiger partial charge in [0.1, 0.15) is 10.6 Å². The highest BCUT2D eigenvalue weighted by atomic mass is 35.5. The molecule has 0 radical (unpaired) electrons. The number of thiophene rings is 1. The predicted octanol–water partition coefficient (Wildman–Crippen LogP) is 4.79. The molecule has 0 atom stereocenters. The molecule has 0 amide bonds. The first kappa shape index (κ1) is 14.7. The molecule has 2 aliphatic rings. The lowest BCUT2D eigenvalue weighted by Gasteiger charge is -2.30. The number of fused-ring (bicyclic) bond motifs is 4. The van der Waals surface area contributed by atoms with Gasteiger partial charge in [-0.3, -0.25) is 0 Å². The van der Waals surface area contributed by atoms with Crippen molar-refractivity contribution >= 4 is 39.0 Å². The summed E-state index contributed by atoms with van der Waals surface area (Å²) in [6.45, 7) is 1.90. The van der Waals surface area contributed by atoms with Gasteiger partial charge in [-0.15, -0.1) is 11.3 Å². The molecular weight excluding hydrogens is 338 g/mol. The Bertz CT molecular complexity index is 934. The highest BCUT2D eigenvalue weighted by Crippen LogP contribution is 2.41. The molecule has 1 aliphatic carbocycles. The van der Waals surface area contributed by atoms with Gasteiger partial charge < -0.3 is 4.90 Å². The smallest absolute Gasteiger partial charge is 0.225 e. The predicted molar refractivity (Wildman–Crippen MR) is 100 cm³/mol. The molecular formula is C19H18ClN3S. The van der Waals surface area contributed by atoms with Crippen LogP contribution in [0.15, 0.2) is 24.3 Å². The van der Waals surface area contributed by atoms with Crippen LogP contribution in [-0.2, 0) is 25.8 Å². The summed E-state index contributed by atoms with van der Waals surface area (Å²) in [6.07, 6.45) is 5.94. The SMILES string of the molecule is Clc1nc(N2CCc3ccccc3C2)c2c3c(sc2n1)CCCC3. The van der Waals surface area contributed by atoms with Crippen molar-refractivity contribution in [3.8, 4) is 0 Å². The van der Waals surface area contributed by atoms with Crippen LogP contribution in [-0.4, -0.2) is 16.5 Å². The number of aromatic nitrogens is 2. The summed E-state index contributed by atoms with van der Waals surface area (Å²) in [6, 6.07) is 8.72. The summed E-state index contributed by atoms with van der Waals surface area (Å²) in [5.74, 6) is 1.04. The van der Waals surface area contributed by atoms with Crippen LogP contribution >= 0.6 is 22.9 Å². The molecule has 24 heavy (non-hydrogen) atoms. The summed E-state index contributed by atoms with van der Waals surface area (Å²) in [5.41, 5.74) is 4.33. The molecule has 0 saturated heterocycles. The van der Waals surface area contributed by atoms with Crippen LogP contribution in [0.5, 0.6) is 0 Å². The lowest BCUT2D eigenvalue weighted by Crippen LogP contribution is -2.31. The molecule has 3 heterocycles. The van der Waals surface area contributed by atoms with Gasteiger partial charge in [0.05, 0.1) is 5.39 Å². The number of nitrogens with zero attached hydrogens (tertiary/aromatic N) is 3. The molecule has 3 aromatic rings. The van der Waals surface area contributed by atoms with E-state index in [1.165, 1.54) is 46.2 Å². The average Bonchev–Trinajstić information content (AvgIpc) is 2.98. The Hall–Kier alpha value is -1.65. The quantitative estimate of drug-likeness (QED) is 0.588. The number of benzene rings is 1. The fourth-order valence-corrected chi connectivity index (χ4v) is 5.49. The van der Waals surface area contributed by atoms with Crippen LogP contribution in [0.25, 0.3) is 10.2 Å². The molecule has 5 heteroatoms. The minimum absolute atomic E-state index is 0.370. The Morgan fingerprint density at radius 1 is 1.00 bits per heavy atom. The molecule has 0 spiro atoms. The van der Waals surface area contributed by atoms with Crippen molar-refractivity contribution in [3.63, 3.8) is 0 Å². The highest BCUT2D eigenvalue weighted by Gasteiger charge is 2.25. The first-order chi connectivity index (χ1) is 11.8. The van der Waals surface area contributed by atoms with E-state index in [4.69, 9.17) is 11.6 Å². The Morgan fingerprint density at radius 2 is 1.83 bits per heavy atom. The molecule has 0 bridgehead atoms. The fraction of sp³-hybridized carbons (Fsp3) is 0.368. The van der Waals surface area contributed by atoms with E-state index in [1.807, 2.05) is 11.3 Å².